The normalized spacial score (nSPS) is 12.6. The Hall–Kier alpha value is -1.62. The summed E-state index contributed by atoms with van der Waals surface area (Å²) < 4.78 is 0. The number of hydrogen-bond donors (Lipinski definition) is 2. The van der Waals surface area contributed by atoms with Crippen LogP contribution in [0, 0.1) is 6.92 Å². The second kappa shape index (κ2) is 4.94. The van der Waals surface area contributed by atoms with Crippen molar-refractivity contribution in [2.45, 2.75) is 18.2 Å². The molecule has 0 bridgehead atoms. The average Bonchev–Trinajstić information content (AvgIpc) is 2.69. The van der Waals surface area contributed by atoms with E-state index in [-0.39, 0.29) is 12.2 Å². The fraction of sp³-hybridized carbons (Fsp3) is 0.231. The zero-order valence-corrected chi connectivity index (χ0v) is 11.3. The minimum Gasteiger partial charge on any atom is -0.481 e. The zero-order valence-electron chi connectivity index (χ0n) is 9.74. The molecule has 1 unspecified atom stereocenters. The van der Waals surface area contributed by atoms with Gasteiger partial charge in [-0.2, -0.15) is 0 Å². The van der Waals surface area contributed by atoms with E-state index in [1.807, 2.05) is 25.1 Å². The van der Waals surface area contributed by atoms with Crippen LogP contribution in [0.25, 0.3) is 10.9 Å². The highest BCUT2D eigenvalue weighted by Crippen LogP contribution is 2.23. The van der Waals surface area contributed by atoms with E-state index < -0.39 is 10.8 Å². The number of hydrogen-bond acceptors (Lipinski definition) is 2. The molecule has 2 rings (SSSR count). The molecule has 0 radical (unpaired) electrons. The van der Waals surface area contributed by atoms with E-state index in [1.54, 1.807) is 6.20 Å². The van der Waals surface area contributed by atoms with Crippen LogP contribution in [0.3, 0.4) is 0 Å². The number of aromatic amines is 1. The maximum absolute atomic E-state index is 12.1. The number of carbonyl (C=O) groups is 2. The first kappa shape index (κ1) is 12.8. The van der Waals surface area contributed by atoms with Gasteiger partial charge in [-0.25, -0.2) is 0 Å². The number of H-pyrrole nitrogens is 1. The molecule has 1 aromatic carbocycles. The smallest absolute Gasteiger partial charge is 0.304 e. The molecule has 0 aliphatic rings. The summed E-state index contributed by atoms with van der Waals surface area (Å²) in [6.45, 7) is 1.97. The van der Waals surface area contributed by atoms with E-state index in [4.69, 9.17) is 5.11 Å². The quantitative estimate of drug-likeness (QED) is 0.674. The number of aromatic nitrogens is 1. The van der Waals surface area contributed by atoms with Crippen LogP contribution in [-0.2, 0) is 4.79 Å². The van der Waals surface area contributed by atoms with Crippen molar-refractivity contribution in [2.24, 2.45) is 0 Å². The number of carboxylic acids is 1. The fourth-order valence-electron chi connectivity index (χ4n) is 1.86. The van der Waals surface area contributed by atoms with E-state index in [0.717, 1.165) is 16.5 Å². The van der Waals surface area contributed by atoms with E-state index >= 15 is 0 Å². The van der Waals surface area contributed by atoms with Crippen LogP contribution >= 0.6 is 15.9 Å². The minimum absolute atomic E-state index is 0.215. The van der Waals surface area contributed by atoms with Gasteiger partial charge in [0, 0.05) is 22.7 Å². The number of rotatable bonds is 4. The van der Waals surface area contributed by atoms with Gasteiger partial charge in [-0.05, 0) is 18.6 Å². The Bertz CT molecular complexity index is 618. The third kappa shape index (κ3) is 2.46. The van der Waals surface area contributed by atoms with E-state index in [2.05, 4.69) is 20.9 Å². The van der Waals surface area contributed by atoms with Gasteiger partial charge in [0.2, 0.25) is 0 Å². The van der Waals surface area contributed by atoms with Crippen molar-refractivity contribution in [1.82, 2.24) is 4.98 Å². The molecule has 1 aromatic heterocycles. The van der Waals surface area contributed by atoms with Crippen LogP contribution in [0.2, 0.25) is 0 Å². The van der Waals surface area contributed by atoms with Gasteiger partial charge in [0.1, 0.15) is 0 Å². The molecule has 2 aromatic rings. The summed E-state index contributed by atoms with van der Waals surface area (Å²) in [7, 11) is 0. The van der Waals surface area contributed by atoms with Crippen LogP contribution in [-0.4, -0.2) is 26.7 Å². The third-order valence-electron chi connectivity index (χ3n) is 2.74. The monoisotopic (exact) mass is 309 g/mol. The number of halogens is 1. The molecule has 0 saturated carbocycles. The SMILES string of the molecule is Cc1ccc2c(C(=O)C(Br)CC(=O)O)c[nH]c2c1. The molecule has 1 heterocycles. The third-order valence-corrected chi connectivity index (χ3v) is 3.48. The van der Waals surface area contributed by atoms with Crippen molar-refractivity contribution in [3.8, 4) is 0 Å². The summed E-state index contributed by atoms with van der Waals surface area (Å²) in [5.41, 5.74) is 2.51. The van der Waals surface area contributed by atoms with Crippen LogP contribution in [0.1, 0.15) is 22.3 Å². The van der Waals surface area contributed by atoms with Crippen LogP contribution < -0.4 is 0 Å². The summed E-state index contributed by atoms with van der Waals surface area (Å²) in [5.74, 6) is -1.21. The molecular weight excluding hydrogens is 298 g/mol. The second-order valence-corrected chi connectivity index (χ2v) is 5.29. The summed E-state index contributed by atoms with van der Waals surface area (Å²) >= 11 is 3.12. The lowest BCUT2D eigenvalue weighted by Gasteiger charge is -2.04. The summed E-state index contributed by atoms with van der Waals surface area (Å²) in [5, 5.41) is 9.51. The Morgan fingerprint density at radius 2 is 2.17 bits per heavy atom. The van der Waals surface area contributed by atoms with Crippen LogP contribution in [0.5, 0.6) is 0 Å². The van der Waals surface area contributed by atoms with Crippen molar-refractivity contribution in [3.05, 3.63) is 35.5 Å². The standard InChI is InChI=1S/C13H12BrNO3/c1-7-2-3-8-9(6-15-11(8)4-7)13(18)10(14)5-12(16)17/h2-4,6,10,15H,5H2,1H3,(H,16,17). The average molecular weight is 310 g/mol. The van der Waals surface area contributed by atoms with Gasteiger partial charge in [-0.15, -0.1) is 0 Å². The number of aryl methyl sites for hydroxylation is 1. The number of ketones is 1. The fourth-order valence-corrected chi connectivity index (χ4v) is 2.38. The number of carbonyl (C=O) groups excluding carboxylic acids is 1. The van der Waals surface area contributed by atoms with Gasteiger partial charge in [0.15, 0.2) is 5.78 Å². The molecule has 4 nitrogen and oxygen atoms in total. The van der Waals surface area contributed by atoms with Crippen molar-refractivity contribution in [3.63, 3.8) is 0 Å². The number of fused-ring (bicyclic) bond motifs is 1. The molecule has 2 N–H and O–H groups in total. The Labute approximate surface area is 112 Å². The molecule has 5 heteroatoms. The van der Waals surface area contributed by atoms with Crippen LogP contribution in [0.4, 0.5) is 0 Å². The predicted octanol–water partition coefficient (Wildman–Crippen LogP) is 2.90. The number of aliphatic carboxylic acids is 1. The molecule has 18 heavy (non-hydrogen) atoms. The number of benzene rings is 1. The molecule has 0 amide bonds. The minimum atomic E-state index is -0.999. The van der Waals surface area contributed by atoms with Gasteiger partial charge in [0.25, 0.3) is 0 Å². The Morgan fingerprint density at radius 1 is 1.44 bits per heavy atom. The molecule has 0 fully saturated rings. The number of carboxylic acid groups (broad SMARTS) is 1. The molecule has 94 valence electrons. The van der Waals surface area contributed by atoms with Crippen molar-refractivity contribution in [2.75, 3.05) is 0 Å². The molecule has 1 atom stereocenters. The maximum atomic E-state index is 12.1. The van der Waals surface area contributed by atoms with Gasteiger partial charge in [0.05, 0.1) is 11.2 Å². The summed E-state index contributed by atoms with van der Waals surface area (Å²) in [4.78, 5) is 25.0. The van der Waals surface area contributed by atoms with E-state index in [1.165, 1.54) is 0 Å². The lowest BCUT2D eigenvalue weighted by atomic mass is 10.0. The largest absolute Gasteiger partial charge is 0.481 e. The van der Waals surface area contributed by atoms with Gasteiger partial charge < -0.3 is 10.1 Å². The zero-order chi connectivity index (χ0) is 13.3. The lowest BCUT2D eigenvalue weighted by molar-refractivity contribution is -0.136. The number of alkyl halides is 1. The van der Waals surface area contributed by atoms with E-state index in [0.29, 0.717) is 5.56 Å². The van der Waals surface area contributed by atoms with Crippen molar-refractivity contribution >= 4 is 38.6 Å². The first-order valence-corrected chi connectivity index (χ1v) is 6.38. The highest BCUT2D eigenvalue weighted by molar-refractivity contribution is 9.10. The van der Waals surface area contributed by atoms with Crippen molar-refractivity contribution < 1.29 is 14.7 Å². The molecular formula is C13H12BrNO3. The first-order valence-electron chi connectivity index (χ1n) is 5.47. The Balaban J connectivity index is 2.36. The second-order valence-electron chi connectivity index (χ2n) is 4.18. The lowest BCUT2D eigenvalue weighted by Crippen LogP contribution is -2.17. The highest BCUT2D eigenvalue weighted by Gasteiger charge is 2.22. The first-order chi connectivity index (χ1) is 8.49. The topological polar surface area (TPSA) is 70.2 Å². The van der Waals surface area contributed by atoms with Crippen molar-refractivity contribution in [1.29, 1.82) is 0 Å². The van der Waals surface area contributed by atoms with Gasteiger partial charge in [-0.1, -0.05) is 28.1 Å². The molecule has 0 aliphatic carbocycles. The van der Waals surface area contributed by atoms with E-state index in [9.17, 15) is 9.59 Å². The number of nitrogens with one attached hydrogen (secondary N) is 1. The Morgan fingerprint density at radius 3 is 2.83 bits per heavy atom. The summed E-state index contributed by atoms with van der Waals surface area (Å²) in [6.07, 6.45) is 1.40. The predicted molar refractivity (Wildman–Crippen MR) is 72.3 cm³/mol. The number of Topliss-reactive ketones (excluding diaryl/α,β-unsaturated/α-hetero) is 1. The Kier molecular flexibility index (Phi) is 3.52. The van der Waals surface area contributed by atoms with Crippen LogP contribution in [0.15, 0.2) is 24.4 Å². The molecule has 0 spiro atoms. The summed E-state index contributed by atoms with van der Waals surface area (Å²) in [6, 6.07) is 5.74. The van der Waals surface area contributed by atoms with Gasteiger partial charge >= 0.3 is 5.97 Å². The molecule has 0 saturated heterocycles. The maximum Gasteiger partial charge on any atom is 0.304 e. The molecule has 0 aliphatic heterocycles. The highest BCUT2D eigenvalue weighted by atomic mass is 79.9. The van der Waals surface area contributed by atoms with Gasteiger partial charge in [-0.3, -0.25) is 9.59 Å².